The highest BCUT2D eigenvalue weighted by Crippen LogP contribution is 2.27. The Morgan fingerprint density at radius 2 is 1.71 bits per heavy atom. The lowest BCUT2D eigenvalue weighted by molar-refractivity contribution is 0.0950. The Morgan fingerprint density at radius 3 is 2.53 bits per heavy atom. The van der Waals surface area contributed by atoms with Gasteiger partial charge in [0, 0.05) is 5.56 Å². The molecule has 0 atom stereocenters. The van der Waals surface area contributed by atoms with Crippen molar-refractivity contribution in [1.29, 1.82) is 0 Å². The van der Waals surface area contributed by atoms with Gasteiger partial charge in [-0.05, 0) is 70.4 Å². The molecule has 1 amide bonds. The lowest BCUT2D eigenvalue weighted by atomic mass is 10.1. The average Bonchev–Trinajstić information content (AvgIpc) is 3.47. The summed E-state index contributed by atoms with van der Waals surface area (Å²) >= 11 is 0. The summed E-state index contributed by atoms with van der Waals surface area (Å²) in [5, 5.41) is 13.4. The Bertz CT molecular complexity index is 1590. The maximum Gasteiger partial charge on any atom is 0.289 e. The number of carbonyl (C=O) groups is 1. The average molecular weight is 507 g/mol. The van der Waals surface area contributed by atoms with Crippen LogP contribution in [-0.4, -0.2) is 36.5 Å². The summed E-state index contributed by atoms with van der Waals surface area (Å²) in [7, 11) is 3.13. The lowest BCUT2D eigenvalue weighted by Gasteiger charge is -2.09. The fourth-order valence-corrected chi connectivity index (χ4v) is 4.05. The molecule has 0 aliphatic heterocycles. The summed E-state index contributed by atoms with van der Waals surface area (Å²) in [6, 6.07) is 29.1. The van der Waals surface area contributed by atoms with Gasteiger partial charge >= 0.3 is 0 Å². The van der Waals surface area contributed by atoms with E-state index in [1.807, 2.05) is 42.5 Å². The van der Waals surface area contributed by atoms with Gasteiger partial charge in [0.15, 0.2) is 11.5 Å². The fourth-order valence-electron chi connectivity index (χ4n) is 4.05. The Kier molecular flexibility index (Phi) is 7.31. The number of hydrogen-bond acceptors (Lipinski definition) is 6. The van der Waals surface area contributed by atoms with Crippen LogP contribution in [0.2, 0.25) is 0 Å². The number of H-pyrrole nitrogens is 1. The molecule has 0 radical (unpaired) electrons. The molecule has 5 aromatic rings. The van der Waals surface area contributed by atoms with Crippen LogP contribution < -0.4 is 19.6 Å². The molecule has 0 spiro atoms. The zero-order chi connectivity index (χ0) is 26.3. The third-order valence-corrected chi connectivity index (χ3v) is 6.03. The Morgan fingerprint density at radius 1 is 0.921 bits per heavy atom. The van der Waals surface area contributed by atoms with Gasteiger partial charge in [0.2, 0.25) is 0 Å². The number of aromatic nitrogens is 2. The Hall–Kier alpha value is -5.11. The van der Waals surface area contributed by atoms with E-state index in [4.69, 9.17) is 14.2 Å². The minimum atomic E-state index is -0.407. The molecule has 0 aliphatic rings. The number of nitrogens with one attached hydrogen (secondary N) is 2. The molecular weight excluding hydrogens is 480 g/mol. The molecule has 5 rings (SSSR count). The second kappa shape index (κ2) is 11.3. The van der Waals surface area contributed by atoms with Crippen molar-refractivity contribution in [3.63, 3.8) is 0 Å². The summed E-state index contributed by atoms with van der Waals surface area (Å²) in [4.78, 5) is 12.5. The zero-order valence-corrected chi connectivity index (χ0v) is 21.0. The van der Waals surface area contributed by atoms with Gasteiger partial charge in [0.05, 0.1) is 26.1 Å². The van der Waals surface area contributed by atoms with E-state index in [9.17, 15) is 4.79 Å². The van der Waals surface area contributed by atoms with Gasteiger partial charge in [-0.15, -0.1) is 0 Å². The van der Waals surface area contributed by atoms with Gasteiger partial charge in [-0.3, -0.25) is 9.89 Å². The van der Waals surface area contributed by atoms with Crippen molar-refractivity contribution >= 4 is 22.9 Å². The first kappa shape index (κ1) is 24.6. The van der Waals surface area contributed by atoms with Crippen LogP contribution in [-0.2, 0) is 6.61 Å². The summed E-state index contributed by atoms with van der Waals surface area (Å²) in [6.07, 6.45) is 1.52. The molecule has 8 nitrogen and oxygen atoms in total. The van der Waals surface area contributed by atoms with Crippen molar-refractivity contribution in [2.24, 2.45) is 5.10 Å². The molecule has 0 bridgehead atoms. The van der Waals surface area contributed by atoms with Gasteiger partial charge in [-0.2, -0.15) is 10.2 Å². The summed E-state index contributed by atoms with van der Waals surface area (Å²) < 4.78 is 16.5. The highest BCUT2D eigenvalue weighted by Gasteiger charge is 2.11. The van der Waals surface area contributed by atoms with Crippen molar-refractivity contribution in [2.45, 2.75) is 6.61 Å². The molecule has 190 valence electrons. The van der Waals surface area contributed by atoms with E-state index in [-0.39, 0.29) is 0 Å². The SMILES string of the molecule is COc1ccc(/C=N/NC(=O)c2cc(-c3ccc(OCc4cccc5ccccc45)cc3)n[nH]2)cc1OC. The third-order valence-electron chi connectivity index (χ3n) is 6.03. The van der Waals surface area contributed by atoms with Gasteiger partial charge < -0.3 is 14.2 Å². The standard InChI is InChI=1S/C30H26N4O4/c1-36-28-15-10-20(16-29(28)37-2)18-31-34-30(35)27-17-26(32-33-27)22-11-13-24(14-12-22)38-19-23-8-5-7-21-6-3-4-9-25(21)23/h3-18H,19H2,1-2H3,(H,32,33)(H,34,35)/b31-18+. The number of ether oxygens (including phenoxy) is 3. The number of aromatic amines is 1. The smallest absolute Gasteiger partial charge is 0.289 e. The summed E-state index contributed by atoms with van der Waals surface area (Å²) in [6.45, 7) is 0.469. The quantitative estimate of drug-likeness (QED) is 0.201. The van der Waals surface area contributed by atoms with Crippen LogP contribution in [0.4, 0.5) is 0 Å². The molecule has 8 heteroatoms. The van der Waals surface area contributed by atoms with E-state index >= 15 is 0 Å². The second-order valence-corrected chi connectivity index (χ2v) is 8.43. The monoisotopic (exact) mass is 506 g/mol. The number of nitrogens with zero attached hydrogens (tertiary/aromatic N) is 2. The predicted octanol–water partition coefficient (Wildman–Crippen LogP) is 5.59. The van der Waals surface area contributed by atoms with Crippen LogP contribution in [0.15, 0.2) is 96.1 Å². The first-order valence-corrected chi connectivity index (χ1v) is 12.0. The largest absolute Gasteiger partial charge is 0.493 e. The van der Waals surface area contributed by atoms with Crippen LogP contribution >= 0.6 is 0 Å². The summed E-state index contributed by atoms with van der Waals surface area (Å²) in [5.74, 6) is 1.53. The van der Waals surface area contributed by atoms with E-state index in [0.29, 0.717) is 29.5 Å². The number of amides is 1. The van der Waals surface area contributed by atoms with Crippen molar-refractivity contribution in [3.05, 3.63) is 108 Å². The van der Waals surface area contributed by atoms with Gasteiger partial charge in [-0.25, -0.2) is 5.43 Å². The van der Waals surface area contributed by atoms with E-state index in [0.717, 1.165) is 22.4 Å². The van der Waals surface area contributed by atoms with Gasteiger partial charge in [0.1, 0.15) is 18.1 Å². The number of hydrogen-bond donors (Lipinski definition) is 2. The number of methoxy groups -OCH3 is 2. The molecule has 1 heterocycles. The Balaban J connectivity index is 1.19. The van der Waals surface area contributed by atoms with Crippen LogP contribution in [0.5, 0.6) is 17.2 Å². The molecule has 4 aromatic carbocycles. The van der Waals surface area contributed by atoms with Crippen LogP contribution in [0.1, 0.15) is 21.6 Å². The third kappa shape index (κ3) is 5.49. The number of hydrazone groups is 1. The molecule has 38 heavy (non-hydrogen) atoms. The highest BCUT2D eigenvalue weighted by atomic mass is 16.5. The van der Waals surface area contributed by atoms with Crippen LogP contribution in [0.25, 0.3) is 22.0 Å². The molecule has 0 saturated heterocycles. The van der Waals surface area contributed by atoms with Gasteiger partial charge in [0.25, 0.3) is 5.91 Å². The zero-order valence-electron chi connectivity index (χ0n) is 21.0. The molecule has 2 N–H and O–H groups in total. The van der Waals surface area contributed by atoms with Crippen molar-refractivity contribution < 1.29 is 19.0 Å². The number of fused-ring (bicyclic) bond motifs is 1. The topological polar surface area (TPSA) is 97.8 Å². The van der Waals surface area contributed by atoms with Gasteiger partial charge in [-0.1, -0.05) is 42.5 Å². The summed E-state index contributed by atoms with van der Waals surface area (Å²) in [5.41, 5.74) is 6.16. The maximum absolute atomic E-state index is 12.5. The number of benzene rings is 4. The van der Waals surface area contributed by atoms with Crippen LogP contribution in [0.3, 0.4) is 0 Å². The molecule has 0 fully saturated rings. The van der Waals surface area contributed by atoms with Crippen molar-refractivity contribution in [3.8, 4) is 28.5 Å². The fraction of sp³-hybridized carbons (Fsp3) is 0.100. The number of carbonyl (C=O) groups excluding carboxylic acids is 1. The maximum atomic E-state index is 12.5. The van der Waals surface area contributed by atoms with E-state index < -0.39 is 5.91 Å². The molecular formula is C30H26N4O4. The minimum absolute atomic E-state index is 0.292. The molecule has 1 aromatic heterocycles. The van der Waals surface area contributed by atoms with E-state index in [1.165, 1.54) is 17.0 Å². The molecule has 0 saturated carbocycles. The Labute approximate surface area is 219 Å². The molecule has 0 aliphatic carbocycles. The highest BCUT2D eigenvalue weighted by molar-refractivity contribution is 5.94. The van der Waals surface area contributed by atoms with E-state index in [2.05, 4.69) is 45.0 Å². The van der Waals surface area contributed by atoms with Crippen molar-refractivity contribution in [1.82, 2.24) is 15.6 Å². The van der Waals surface area contributed by atoms with E-state index in [1.54, 1.807) is 38.5 Å². The normalized spacial score (nSPS) is 11.0. The number of rotatable bonds is 9. The molecule has 0 unspecified atom stereocenters. The predicted molar refractivity (Wildman–Crippen MR) is 147 cm³/mol. The van der Waals surface area contributed by atoms with Crippen molar-refractivity contribution in [2.75, 3.05) is 14.2 Å². The first-order chi connectivity index (χ1) is 18.6. The second-order valence-electron chi connectivity index (χ2n) is 8.43. The van der Waals surface area contributed by atoms with Crippen LogP contribution in [0, 0.1) is 0 Å². The lowest BCUT2D eigenvalue weighted by Crippen LogP contribution is -2.18. The minimum Gasteiger partial charge on any atom is -0.493 e. The first-order valence-electron chi connectivity index (χ1n) is 12.0.